The molecular weight excluding hydrogens is 460 g/mol. The molecule has 0 heterocycles. The number of nitrogens with one attached hydrogen (secondary N) is 2. The lowest BCUT2D eigenvalue weighted by molar-refractivity contribution is -0.357. The third-order valence-electron chi connectivity index (χ3n) is 5.90. The maximum absolute atomic E-state index is 13.4. The third-order valence-corrected chi connectivity index (χ3v) is 6.21. The largest absolute Gasteiger partial charge is 0.522 e. The van der Waals surface area contributed by atoms with Gasteiger partial charge >= 0.3 is 6.36 Å². The molecule has 0 spiro atoms. The molecule has 0 atom stereocenters. The van der Waals surface area contributed by atoms with Gasteiger partial charge in [-0.3, -0.25) is 14.3 Å². The summed E-state index contributed by atoms with van der Waals surface area (Å²) in [5.74, 6) is -1.16. The van der Waals surface area contributed by atoms with Crippen molar-refractivity contribution >= 4 is 23.4 Å². The van der Waals surface area contributed by atoms with Gasteiger partial charge < -0.3 is 20.1 Å². The number of halogens is 5. The van der Waals surface area contributed by atoms with Crippen molar-refractivity contribution in [1.82, 2.24) is 10.6 Å². The first kappa shape index (κ1) is 23.1. The highest BCUT2D eigenvalue weighted by Gasteiger charge is 2.69. The molecule has 0 unspecified atom stereocenters. The molecule has 4 aliphatic rings. The molecule has 2 amide bonds. The highest BCUT2D eigenvalue weighted by Crippen LogP contribution is 2.60. The topological polar surface area (TPSA) is 85.9 Å². The average molecular weight is 481 g/mol. The molecule has 5 rings (SSSR count). The van der Waals surface area contributed by atoms with Crippen LogP contribution in [0.4, 0.5) is 17.6 Å². The van der Waals surface area contributed by atoms with Crippen LogP contribution in [0.1, 0.15) is 32.1 Å². The van der Waals surface area contributed by atoms with E-state index in [0.717, 1.165) is 6.07 Å². The van der Waals surface area contributed by atoms with Gasteiger partial charge in [0.15, 0.2) is 6.61 Å². The molecule has 12 heteroatoms. The summed E-state index contributed by atoms with van der Waals surface area (Å²) >= 11 is 5.59. The van der Waals surface area contributed by atoms with Crippen molar-refractivity contribution in [3.05, 3.63) is 29.0 Å². The van der Waals surface area contributed by atoms with Crippen LogP contribution in [0.25, 0.3) is 0 Å². The molecule has 2 bridgehead atoms. The van der Waals surface area contributed by atoms with E-state index in [4.69, 9.17) is 21.1 Å². The van der Waals surface area contributed by atoms with Crippen LogP contribution in [0.3, 0.4) is 0 Å². The van der Waals surface area contributed by atoms with E-state index in [9.17, 15) is 27.2 Å². The fraction of sp³-hybridized carbons (Fsp3) is 0.600. The van der Waals surface area contributed by atoms with Crippen LogP contribution < -0.4 is 15.4 Å². The Morgan fingerprint density at radius 1 is 1.03 bits per heavy atom. The lowest BCUT2D eigenvalue weighted by Gasteiger charge is -2.70. The van der Waals surface area contributed by atoms with Crippen molar-refractivity contribution in [2.75, 3.05) is 13.2 Å². The Bertz CT molecular complexity index is 887. The Kier molecular flexibility index (Phi) is 6.01. The number of rotatable bonds is 9. The summed E-state index contributed by atoms with van der Waals surface area (Å²) < 4.78 is 64.1. The predicted molar refractivity (Wildman–Crippen MR) is 102 cm³/mol. The van der Waals surface area contributed by atoms with Gasteiger partial charge in [0, 0.05) is 30.0 Å². The van der Waals surface area contributed by atoms with Gasteiger partial charge in [0.2, 0.25) is 5.91 Å². The molecule has 4 fully saturated rings. The maximum atomic E-state index is 13.4. The molecule has 176 valence electrons. The highest BCUT2D eigenvalue weighted by molar-refractivity contribution is 6.30. The van der Waals surface area contributed by atoms with Gasteiger partial charge in [-0.2, -0.15) is 0 Å². The van der Waals surface area contributed by atoms with Gasteiger partial charge in [-0.25, -0.2) is 4.39 Å². The van der Waals surface area contributed by atoms with E-state index in [2.05, 4.69) is 15.4 Å². The Morgan fingerprint density at radius 2 is 1.62 bits per heavy atom. The summed E-state index contributed by atoms with van der Waals surface area (Å²) in [6.45, 7) is -0.521. The van der Waals surface area contributed by atoms with Crippen LogP contribution in [-0.2, 0) is 19.1 Å². The maximum Gasteiger partial charge on any atom is 0.522 e. The minimum absolute atomic E-state index is 0.0410. The van der Waals surface area contributed by atoms with Crippen LogP contribution in [0.2, 0.25) is 5.02 Å². The third kappa shape index (κ3) is 5.26. The van der Waals surface area contributed by atoms with Gasteiger partial charge in [0.25, 0.3) is 5.91 Å². The quantitative estimate of drug-likeness (QED) is 0.531. The molecule has 32 heavy (non-hydrogen) atoms. The summed E-state index contributed by atoms with van der Waals surface area (Å²) in [5, 5.41) is 5.70. The standard InChI is InChI=1S/C20H21ClF4N2O5/c21-14-2-1-11(5-15(14)22)30-6-16(28)26-18-8-19(9-18,10-18)27-17(29)7-31-12-3-13(4-12)32-20(23,24)25/h1-2,5,12-13H,3-4,6-10H2,(H,26,28)(H,27,29). The second kappa shape index (κ2) is 8.35. The Balaban J connectivity index is 1.10. The number of ether oxygens (including phenoxy) is 3. The minimum atomic E-state index is -4.66. The zero-order chi connectivity index (χ0) is 23.1. The van der Waals surface area contributed by atoms with Crippen molar-refractivity contribution < 1.29 is 41.4 Å². The smallest absolute Gasteiger partial charge is 0.484 e. The number of alkyl halides is 3. The first-order chi connectivity index (χ1) is 14.9. The van der Waals surface area contributed by atoms with Crippen molar-refractivity contribution in [3.63, 3.8) is 0 Å². The second-order valence-electron chi connectivity index (χ2n) is 8.64. The zero-order valence-corrected chi connectivity index (χ0v) is 17.5. The normalized spacial score (nSPS) is 30.4. The molecule has 4 aliphatic carbocycles. The molecule has 0 saturated heterocycles. The number of hydrogen-bond acceptors (Lipinski definition) is 5. The first-order valence-corrected chi connectivity index (χ1v) is 10.4. The van der Waals surface area contributed by atoms with E-state index in [-0.39, 0.29) is 48.6 Å². The average Bonchev–Trinajstić information content (AvgIpc) is 2.60. The van der Waals surface area contributed by atoms with E-state index >= 15 is 0 Å². The molecule has 1 aromatic carbocycles. The minimum Gasteiger partial charge on any atom is -0.484 e. The van der Waals surface area contributed by atoms with Crippen LogP contribution in [0, 0.1) is 5.82 Å². The summed E-state index contributed by atoms with van der Waals surface area (Å²) in [4.78, 5) is 24.2. The molecule has 1 aromatic rings. The summed E-state index contributed by atoms with van der Waals surface area (Å²) in [6, 6.07) is 3.89. The molecule has 0 radical (unpaired) electrons. The van der Waals surface area contributed by atoms with Crippen molar-refractivity contribution in [1.29, 1.82) is 0 Å². The van der Waals surface area contributed by atoms with E-state index < -0.39 is 35.5 Å². The first-order valence-electron chi connectivity index (χ1n) is 10.0. The molecular formula is C20H21ClF4N2O5. The predicted octanol–water partition coefficient (Wildman–Crippen LogP) is 2.85. The van der Waals surface area contributed by atoms with Crippen molar-refractivity contribution in [2.24, 2.45) is 0 Å². The highest BCUT2D eigenvalue weighted by atomic mass is 35.5. The number of amides is 2. The number of carbonyl (C=O) groups is 2. The van der Waals surface area contributed by atoms with Crippen LogP contribution in [0.15, 0.2) is 18.2 Å². The van der Waals surface area contributed by atoms with Crippen molar-refractivity contribution in [3.8, 4) is 5.75 Å². The number of carbonyl (C=O) groups excluding carboxylic acids is 2. The zero-order valence-electron chi connectivity index (χ0n) is 16.8. The Hall–Kier alpha value is -2.11. The van der Waals surface area contributed by atoms with E-state index in [1.165, 1.54) is 12.1 Å². The molecule has 0 aromatic heterocycles. The summed E-state index contributed by atoms with van der Waals surface area (Å²) in [7, 11) is 0. The van der Waals surface area contributed by atoms with Crippen LogP contribution in [-0.4, -0.2) is 54.7 Å². The lowest BCUT2D eigenvalue weighted by Crippen LogP contribution is -2.84. The monoisotopic (exact) mass is 480 g/mol. The van der Waals surface area contributed by atoms with E-state index in [1.54, 1.807) is 0 Å². The van der Waals surface area contributed by atoms with E-state index in [0.29, 0.717) is 19.3 Å². The molecule has 7 nitrogen and oxygen atoms in total. The Morgan fingerprint density at radius 3 is 2.19 bits per heavy atom. The lowest BCUT2D eigenvalue weighted by atomic mass is 9.44. The fourth-order valence-corrected chi connectivity index (χ4v) is 4.68. The van der Waals surface area contributed by atoms with Crippen LogP contribution in [0.5, 0.6) is 5.75 Å². The fourth-order valence-electron chi connectivity index (χ4n) is 4.56. The number of hydrogen-bond donors (Lipinski definition) is 2. The van der Waals surface area contributed by atoms with Gasteiger partial charge in [0.1, 0.15) is 18.2 Å². The van der Waals surface area contributed by atoms with Crippen molar-refractivity contribution in [2.45, 2.75) is 61.8 Å². The van der Waals surface area contributed by atoms with Gasteiger partial charge in [0.05, 0.1) is 17.2 Å². The summed E-state index contributed by atoms with van der Waals surface area (Å²) in [6.07, 6.45) is -4.13. The Labute approximate surface area is 185 Å². The number of benzene rings is 1. The van der Waals surface area contributed by atoms with Gasteiger partial charge in [-0.05, 0) is 31.4 Å². The second-order valence-corrected chi connectivity index (χ2v) is 9.05. The SMILES string of the molecule is O=C(COc1ccc(Cl)c(F)c1)NC12CC(NC(=O)COC3CC(OC(F)(F)F)C3)(C1)C2. The van der Waals surface area contributed by atoms with Gasteiger partial charge in [-0.15, -0.1) is 13.2 Å². The van der Waals surface area contributed by atoms with Crippen LogP contribution >= 0.6 is 11.6 Å². The summed E-state index contributed by atoms with van der Waals surface area (Å²) in [5.41, 5.74) is -0.786. The molecule has 0 aliphatic heterocycles. The van der Waals surface area contributed by atoms with E-state index in [1.807, 2.05) is 0 Å². The molecule has 4 saturated carbocycles. The van der Waals surface area contributed by atoms with Gasteiger partial charge in [-0.1, -0.05) is 11.6 Å². The molecule has 2 N–H and O–H groups in total.